The van der Waals surface area contributed by atoms with E-state index >= 15 is 0 Å². The second-order valence-electron chi connectivity index (χ2n) is 3.88. The lowest BCUT2D eigenvalue weighted by Crippen LogP contribution is -2.07. The summed E-state index contributed by atoms with van der Waals surface area (Å²) in [6, 6.07) is 5.02. The first-order chi connectivity index (χ1) is 7.05. The molecule has 1 aromatic carbocycles. The van der Waals surface area contributed by atoms with Gasteiger partial charge in [0.25, 0.3) is 0 Å². The van der Waals surface area contributed by atoms with E-state index in [2.05, 4.69) is 0 Å². The maximum absolute atomic E-state index is 11.9. The van der Waals surface area contributed by atoms with Crippen LogP contribution in [-0.4, -0.2) is 20.8 Å². The highest BCUT2D eigenvalue weighted by atomic mass is 32.2. The van der Waals surface area contributed by atoms with Gasteiger partial charge in [0, 0.05) is 0 Å². The van der Waals surface area contributed by atoms with Crippen LogP contribution in [0.5, 0.6) is 5.75 Å². The molecule has 0 amide bonds. The van der Waals surface area contributed by atoms with Crippen molar-refractivity contribution in [2.75, 3.05) is 7.11 Å². The standard InChI is InChI=1S/C11H14O3S/c1-8-7-10(5-6-11(8)14-2)15(12,13)9-3-4-9/h5-7,9H,3-4H2,1-2H3. The molecule has 0 aromatic heterocycles. The van der Waals surface area contributed by atoms with Gasteiger partial charge >= 0.3 is 0 Å². The zero-order valence-electron chi connectivity index (χ0n) is 8.86. The minimum atomic E-state index is -3.07. The number of benzene rings is 1. The summed E-state index contributed by atoms with van der Waals surface area (Å²) in [4.78, 5) is 0.420. The summed E-state index contributed by atoms with van der Waals surface area (Å²) < 4.78 is 28.9. The van der Waals surface area contributed by atoms with Crippen LogP contribution in [0.4, 0.5) is 0 Å². The number of hydrogen-bond acceptors (Lipinski definition) is 3. The zero-order chi connectivity index (χ0) is 11.1. The van der Waals surface area contributed by atoms with E-state index in [1.54, 1.807) is 25.3 Å². The lowest BCUT2D eigenvalue weighted by molar-refractivity contribution is 0.411. The molecule has 0 radical (unpaired) electrons. The Morgan fingerprint density at radius 3 is 2.47 bits per heavy atom. The Bertz CT molecular complexity index is 473. The van der Waals surface area contributed by atoms with Gasteiger partial charge in [-0.1, -0.05) is 0 Å². The molecule has 1 aliphatic carbocycles. The molecule has 15 heavy (non-hydrogen) atoms. The molecular weight excluding hydrogens is 212 g/mol. The second kappa shape index (κ2) is 3.52. The number of rotatable bonds is 3. The molecule has 0 atom stereocenters. The Morgan fingerprint density at radius 2 is 2.00 bits per heavy atom. The summed E-state index contributed by atoms with van der Waals surface area (Å²) in [6.45, 7) is 1.85. The van der Waals surface area contributed by atoms with Gasteiger partial charge in [-0.25, -0.2) is 8.42 Å². The van der Waals surface area contributed by atoms with Crippen LogP contribution in [0, 0.1) is 6.92 Å². The molecule has 0 N–H and O–H groups in total. The SMILES string of the molecule is COc1ccc(S(=O)(=O)C2CC2)cc1C. The van der Waals surface area contributed by atoms with E-state index in [0.29, 0.717) is 4.90 Å². The fourth-order valence-corrected chi connectivity index (χ4v) is 3.34. The van der Waals surface area contributed by atoms with Gasteiger partial charge in [0.2, 0.25) is 0 Å². The first kappa shape index (κ1) is 10.5. The van der Waals surface area contributed by atoms with E-state index in [1.165, 1.54) is 0 Å². The van der Waals surface area contributed by atoms with Gasteiger partial charge in [0.1, 0.15) is 5.75 Å². The van der Waals surface area contributed by atoms with Crippen LogP contribution in [-0.2, 0) is 9.84 Å². The van der Waals surface area contributed by atoms with Crippen LogP contribution in [0.3, 0.4) is 0 Å². The van der Waals surface area contributed by atoms with Crippen molar-refractivity contribution in [3.63, 3.8) is 0 Å². The molecule has 1 aliphatic rings. The maximum Gasteiger partial charge on any atom is 0.181 e. The van der Waals surface area contributed by atoms with Crippen molar-refractivity contribution < 1.29 is 13.2 Å². The summed E-state index contributed by atoms with van der Waals surface area (Å²) in [5.74, 6) is 0.727. The molecule has 0 saturated heterocycles. The Balaban J connectivity index is 2.42. The molecule has 4 heteroatoms. The molecule has 3 nitrogen and oxygen atoms in total. The van der Waals surface area contributed by atoms with E-state index in [-0.39, 0.29) is 5.25 Å². The molecular formula is C11H14O3S. The van der Waals surface area contributed by atoms with Gasteiger partial charge in [-0.2, -0.15) is 0 Å². The van der Waals surface area contributed by atoms with Gasteiger partial charge in [-0.15, -0.1) is 0 Å². The third-order valence-corrected chi connectivity index (χ3v) is 4.92. The van der Waals surface area contributed by atoms with Crippen LogP contribution in [0.15, 0.2) is 23.1 Å². The van der Waals surface area contributed by atoms with Crippen molar-refractivity contribution in [1.29, 1.82) is 0 Å². The van der Waals surface area contributed by atoms with Crippen LogP contribution < -0.4 is 4.74 Å². The van der Waals surface area contributed by atoms with Crippen LogP contribution in [0.1, 0.15) is 18.4 Å². The minimum absolute atomic E-state index is 0.148. The molecule has 1 fully saturated rings. The third-order valence-electron chi connectivity index (χ3n) is 2.66. The lowest BCUT2D eigenvalue weighted by Gasteiger charge is -2.07. The highest BCUT2D eigenvalue weighted by Gasteiger charge is 2.36. The van der Waals surface area contributed by atoms with Crippen molar-refractivity contribution in [2.45, 2.75) is 29.9 Å². The zero-order valence-corrected chi connectivity index (χ0v) is 9.67. The van der Waals surface area contributed by atoms with E-state index in [9.17, 15) is 8.42 Å². The fourth-order valence-electron chi connectivity index (χ4n) is 1.60. The Kier molecular flexibility index (Phi) is 2.46. The smallest absolute Gasteiger partial charge is 0.181 e. The molecule has 0 aliphatic heterocycles. The summed E-state index contributed by atoms with van der Waals surface area (Å²) in [5, 5.41) is -0.148. The maximum atomic E-state index is 11.9. The molecule has 0 bridgehead atoms. The minimum Gasteiger partial charge on any atom is -0.496 e. The predicted molar refractivity (Wildman–Crippen MR) is 57.9 cm³/mol. The first-order valence-corrected chi connectivity index (χ1v) is 6.49. The topological polar surface area (TPSA) is 43.4 Å². The van der Waals surface area contributed by atoms with Gasteiger partial charge < -0.3 is 4.74 Å². The van der Waals surface area contributed by atoms with Crippen molar-refractivity contribution in [2.24, 2.45) is 0 Å². The first-order valence-electron chi connectivity index (χ1n) is 4.94. The van der Waals surface area contributed by atoms with Gasteiger partial charge in [0.05, 0.1) is 17.3 Å². The van der Waals surface area contributed by atoms with Gasteiger partial charge in [0.15, 0.2) is 9.84 Å². The van der Waals surface area contributed by atoms with Crippen molar-refractivity contribution in [1.82, 2.24) is 0 Å². The lowest BCUT2D eigenvalue weighted by atomic mass is 10.2. The van der Waals surface area contributed by atoms with Gasteiger partial charge in [-0.3, -0.25) is 0 Å². The summed E-state index contributed by atoms with van der Waals surface area (Å²) in [6.07, 6.45) is 1.60. The quantitative estimate of drug-likeness (QED) is 0.791. The molecule has 0 unspecified atom stereocenters. The monoisotopic (exact) mass is 226 g/mol. The number of methoxy groups -OCH3 is 1. The summed E-state index contributed by atoms with van der Waals surface area (Å²) in [7, 11) is -1.49. The van der Waals surface area contributed by atoms with Crippen molar-refractivity contribution >= 4 is 9.84 Å². The average Bonchev–Trinajstić information content (AvgIpc) is 3.00. The van der Waals surface area contributed by atoms with Gasteiger partial charge in [-0.05, 0) is 43.5 Å². The van der Waals surface area contributed by atoms with Crippen LogP contribution in [0.2, 0.25) is 0 Å². The Morgan fingerprint density at radius 1 is 1.33 bits per heavy atom. The molecule has 1 saturated carbocycles. The third kappa shape index (κ3) is 1.86. The van der Waals surface area contributed by atoms with E-state index < -0.39 is 9.84 Å². The normalized spacial score (nSPS) is 16.4. The highest BCUT2D eigenvalue weighted by Crippen LogP contribution is 2.34. The largest absolute Gasteiger partial charge is 0.496 e. The van der Waals surface area contributed by atoms with Crippen molar-refractivity contribution in [3.05, 3.63) is 23.8 Å². The molecule has 0 heterocycles. The number of hydrogen-bond donors (Lipinski definition) is 0. The number of aryl methyl sites for hydroxylation is 1. The number of ether oxygens (including phenoxy) is 1. The van der Waals surface area contributed by atoms with Crippen molar-refractivity contribution in [3.8, 4) is 5.75 Å². The summed E-state index contributed by atoms with van der Waals surface area (Å²) >= 11 is 0. The van der Waals surface area contributed by atoms with E-state index in [4.69, 9.17) is 4.74 Å². The predicted octanol–water partition coefficient (Wildman–Crippen LogP) is 1.94. The molecule has 82 valence electrons. The summed E-state index contributed by atoms with van der Waals surface area (Å²) in [5.41, 5.74) is 0.860. The second-order valence-corrected chi connectivity index (χ2v) is 6.10. The van der Waals surface area contributed by atoms with Crippen LogP contribution >= 0.6 is 0 Å². The van der Waals surface area contributed by atoms with Crippen LogP contribution in [0.25, 0.3) is 0 Å². The number of sulfone groups is 1. The molecule has 1 aromatic rings. The Labute approximate surface area is 90.0 Å². The average molecular weight is 226 g/mol. The Hall–Kier alpha value is -1.03. The van der Waals surface area contributed by atoms with E-state index in [0.717, 1.165) is 24.2 Å². The fraction of sp³-hybridized carbons (Fsp3) is 0.455. The molecule has 2 rings (SSSR count). The highest BCUT2D eigenvalue weighted by molar-refractivity contribution is 7.92. The molecule has 0 spiro atoms. The van der Waals surface area contributed by atoms with E-state index in [1.807, 2.05) is 6.92 Å².